The molecule has 3 nitrogen and oxygen atoms in total. The minimum absolute atomic E-state index is 0.165. The van der Waals surface area contributed by atoms with E-state index in [0.717, 1.165) is 6.07 Å². The van der Waals surface area contributed by atoms with Gasteiger partial charge < -0.3 is 0 Å². The zero-order valence-electron chi connectivity index (χ0n) is 7.52. The molecule has 1 aromatic carbocycles. The highest BCUT2D eigenvalue weighted by atomic mass is 79.9. The van der Waals surface area contributed by atoms with E-state index in [0.29, 0.717) is 6.07 Å². The summed E-state index contributed by atoms with van der Waals surface area (Å²) in [6.07, 6.45) is -4.57. The fraction of sp³-hybridized carbons (Fsp3) is 0.250. The number of benzene rings is 1. The summed E-state index contributed by atoms with van der Waals surface area (Å²) < 4.78 is 37.0. The maximum Gasteiger partial charge on any atom is 0.417 e. The van der Waals surface area contributed by atoms with Crippen LogP contribution in [0.1, 0.15) is 11.1 Å². The predicted molar refractivity (Wildman–Crippen MR) is 55.4 cm³/mol. The van der Waals surface area contributed by atoms with Crippen molar-refractivity contribution in [1.29, 1.82) is 0 Å². The van der Waals surface area contributed by atoms with Crippen LogP contribution in [0.2, 0.25) is 0 Å². The molecular formula is C8H4BrClF3NO2. The van der Waals surface area contributed by atoms with Crippen LogP contribution in [0.25, 0.3) is 0 Å². The third kappa shape index (κ3) is 2.65. The minimum atomic E-state index is -4.57. The van der Waals surface area contributed by atoms with Crippen molar-refractivity contribution in [2.24, 2.45) is 0 Å². The molecule has 1 aromatic rings. The molecule has 0 aliphatic carbocycles. The summed E-state index contributed by atoms with van der Waals surface area (Å²) >= 11 is 8.01. The van der Waals surface area contributed by atoms with Crippen molar-refractivity contribution in [2.45, 2.75) is 12.1 Å². The van der Waals surface area contributed by atoms with Gasteiger partial charge in [-0.15, -0.1) is 11.6 Å². The Kier molecular flexibility index (Phi) is 3.80. The average Bonchev–Trinajstić information content (AvgIpc) is 2.15. The van der Waals surface area contributed by atoms with Crippen molar-refractivity contribution >= 4 is 33.2 Å². The van der Waals surface area contributed by atoms with Crippen LogP contribution in [0.5, 0.6) is 0 Å². The van der Waals surface area contributed by atoms with Crippen LogP contribution in [0.15, 0.2) is 16.6 Å². The number of nitro groups is 1. The molecule has 88 valence electrons. The maximum atomic E-state index is 12.5. The van der Waals surface area contributed by atoms with Crippen LogP contribution in [0.4, 0.5) is 18.9 Å². The lowest BCUT2D eigenvalue weighted by Gasteiger charge is -2.10. The van der Waals surface area contributed by atoms with E-state index in [1.54, 1.807) is 0 Å². The Hall–Kier alpha value is -0.820. The molecule has 0 aliphatic heterocycles. The summed E-state index contributed by atoms with van der Waals surface area (Å²) in [6, 6.07) is 1.48. The van der Waals surface area contributed by atoms with E-state index in [-0.39, 0.29) is 15.9 Å². The Morgan fingerprint density at radius 3 is 2.38 bits per heavy atom. The highest BCUT2D eigenvalue weighted by molar-refractivity contribution is 9.10. The van der Waals surface area contributed by atoms with E-state index >= 15 is 0 Å². The van der Waals surface area contributed by atoms with Crippen molar-refractivity contribution in [3.63, 3.8) is 0 Å². The van der Waals surface area contributed by atoms with E-state index in [4.69, 9.17) is 11.6 Å². The van der Waals surface area contributed by atoms with Gasteiger partial charge in [-0.3, -0.25) is 10.1 Å². The molecule has 8 heteroatoms. The molecule has 0 saturated carbocycles. The SMILES string of the molecule is O=[N+]([O-])c1cc(Br)c(C(F)(F)F)cc1CCl. The first kappa shape index (κ1) is 13.2. The molecule has 0 heterocycles. The number of alkyl halides is 4. The lowest BCUT2D eigenvalue weighted by Crippen LogP contribution is -2.08. The van der Waals surface area contributed by atoms with Crippen LogP contribution >= 0.6 is 27.5 Å². The van der Waals surface area contributed by atoms with E-state index in [9.17, 15) is 23.3 Å². The maximum absolute atomic E-state index is 12.5. The van der Waals surface area contributed by atoms with Gasteiger partial charge in [-0.1, -0.05) is 0 Å². The van der Waals surface area contributed by atoms with E-state index in [1.165, 1.54) is 0 Å². The van der Waals surface area contributed by atoms with Crippen LogP contribution in [0.3, 0.4) is 0 Å². The van der Waals surface area contributed by atoms with Gasteiger partial charge in [-0.2, -0.15) is 13.2 Å². The van der Waals surface area contributed by atoms with Crippen molar-refractivity contribution in [3.05, 3.63) is 37.8 Å². The van der Waals surface area contributed by atoms with E-state index < -0.39 is 22.4 Å². The molecule has 0 bridgehead atoms. The number of nitrogens with zero attached hydrogens (tertiary/aromatic N) is 1. The molecule has 0 aromatic heterocycles. The van der Waals surface area contributed by atoms with Gasteiger partial charge in [0.15, 0.2) is 0 Å². The predicted octanol–water partition coefficient (Wildman–Crippen LogP) is 4.11. The quantitative estimate of drug-likeness (QED) is 0.468. The average molecular weight is 318 g/mol. The number of hydrogen-bond acceptors (Lipinski definition) is 2. The topological polar surface area (TPSA) is 43.1 Å². The van der Waals surface area contributed by atoms with Gasteiger partial charge in [-0.05, 0) is 22.0 Å². The van der Waals surface area contributed by atoms with Gasteiger partial charge in [0.25, 0.3) is 5.69 Å². The van der Waals surface area contributed by atoms with E-state index in [2.05, 4.69) is 15.9 Å². The number of hydrogen-bond donors (Lipinski definition) is 0. The zero-order chi connectivity index (χ0) is 12.5. The summed E-state index contributed by atoms with van der Waals surface area (Å²) in [5.74, 6) is -0.354. The monoisotopic (exact) mass is 317 g/mol. The highest BCUT2D eigenvalue weighted by Crippen LogP contribution is 2.38. The first-order valence-electron chi connectivity index (χ1n) is 3.87. The molecule has 0 amide bonds. The van der Waals surface area contributed by atoms with Crippen LogP contribution in [-0.4, -0.2) is 4.92 Å². The molecule has 0 spiro atoms. The van der Waals surface area contributed by atoms with Crippen LogP contribution in [-0.2, 0) is 12.1 Å². The second-order valence-electron chi connectivity index (χ2n) is 2.85. The van der Waals surface area contributed by atoms with Gasteiger partial charge >= 0.3 is 6.18 Å². The zero-order valence-corrected chi connectivity index (χ0v) is 9.86. The molecule has 0 N–H and O–H groups in total. The van der Waals surface area contributed by atoms with Crippen molar-refractivity contribution in [1.82, 2.24) is 0 Å². The molecule has 1 rings (SSSR count). The van der Waals surface area contributed by atoms with Gasteiger partial charge in [-0.25, -0.2) is 0 Å². The fourth-order valence-electron chi connectivity index (χ4n) is 1.10. The lowest BCUT2D eigenvalue weighted by atomic mass is 10.1. The van der Waals surface area contributed by atoms with Crippen molar-refractivity contribution < 1.29 is 18.1 Å². The van der Waals surface area contributed by atoms with Gasteiger partial charge in [0.2, 0.25) is 0 Å². The largest absolute Gasteiger partial charge is 0.417 e. The molecule has 0 aliphatic rings. The third-order valence-corrected chi connectivity index (χ3v) is 2.76. The Morgan fingerprint density at radius 2 is 2.00 bits per heavy atom. The summed E-state index contributed by atoms with van der Waals surface area (Å²) in [6.45, 7) is 0. The van der Waals surface area contributed by atoms with Gasteiger partial charge in [0.05, 0.1) is 16.4 Å². The van der Waals surface area contributed by atoms with Crippen molar-refractivity contribution in [2.75, 3.05) is 0 Å². The van der Waals surface area contributed by atoms with Crippen LogP contribution < -0.4 is 0 Å². The highest BCUT2D eigenvalue weighted by Gasteiger charge is 2.35. The molecule has 16 heavy (non-hydrogen) atoms. The molecule has 0 unspecified atom stereocenters. The van der Waals surface area contributed by atoms with Crippen LogP contribution in [0, 0.1) is 10.1 Å². The van der Waals surface area contributed by atoms with Gasteiger partial charge in [0, 0.05) is 16.1 Å². The summed E-state index contributed by atoms with van der Waals surface area (Å²) in [5.41, 5.74) is -1.58. The molecule has 0 fully saturated rings. The van der Waals surface area contributed by atoms with Gasteiger partial charge in [0.1, 0.15) is 0 Å². The first-order chi connectivity index (χ1) is 7.27. The summed E-state index contributed by atoms with van der Waals surface area (Å²) in [5, 5.41) is 10.5. The summed E-state index contributed by atoms with van der Waals surface area (Å²) in [7, 11) is 0. The Labute approximate surface area is 101 Å². The first-order valence-corrected chi connectivity index (χ1v) is 5.20. The normalized spacial score (nSPS) is 11.6. The Balaban J connectivity index is 3.43. The van der Waals surface area contributed by atoms with E-state index in [1.807, 2.05) is 0 Å². The smallest absolute Gasteiger partial charge is 0.258 e. The Bertz CT molecular complexity index is 436. The second kappa shape index (κ2) is 4.58. The Morgan fingerprint density at radius 1 is 1.44 bits per heavy atom. The lowest BCUT2D eigenvalue weighted by molar-refractivity contribution is -0.385. The number of halogens is 5. The molecule has 0 radical (unpaired) electrons. The fourth-order valence-corrected chi connectivity index (χ4v) is 1.87. The number of nitro benzene ring substituents is 1. The van der Waals surface area contributed by atoms with Crippen molar-refractivity contribution in [3.8, 4) is 0 Å². The summed E-state index contributed by atoms with van der Waals surface area (Å²) in [4.78, 5) is 9.76. The second-order valence-corrected chi connectivity index (χ2v) is 3.97. The third-order valence-electron chi connectivity index (χ3n) is 1.81. The minimum Gasteiger partial charge on any atom is -0.258 e. The molecular weight excluding hydrogens is 314 g/mol. The number of rotatable bonds is 2. The standard InChI is InChI=1S/C8H4BrClF3NO2/c9-6-2-7(14(15)16)4(3-10)1-5(6)8(11,12)13/h1-2H,3H2. The molecule has 0 saturated heterocycles. The molecule has 0 atom stereocenters.